The van der Waals surface area contributed by atoms with Gasteiger partial charge in [-0.3, -0.25) is 4.79 Å². The van der Waals surface area contributed by atoms with E-state index in [1.807, 2.05) is 55.5 Å². The Bertz CT molecular complexity index is 577. The second kappa shape index (κ2) is 7.33. The third-order valence-electron chi connectivity index (χ3n) is 3.02. The highest BCUT2D eigenvalue weighted by atomic mass is 16.5. The van der Waals surface area contributed by atoms with Crippen molar-refractivity contribution in [2.75, 3.05) is 17.7 Å². The van der Waals surface area contributed by atoms with Crippen LogP contribution >= 0.6 is 0 Å². The van der Waals surface area contributed by atoms with Crippen molar-refractivity contribution in [3.8, 4) is 5.75 Å². The molecule has 1 amide bonds. The van der Waals surface area contributed by atoms with Crippen molar-refractivity contribution < 1.29 is 9.53 Å². The van der Waals surface area contributed by atoms with Gasteiger partial charge in [-0.1, -0.05) is 6.92 Å². The van der Waals surface area contributed by atoms with Crippen LogP contribution in [-0.4, -0.2) is 13.0 Å². The quantitative estimate of drug-likeness (QED) is 0.836. The minimum Gasteiger partial charge on any atom is -0.497 e. The molecule has 4 heteroatoms. The lowest BCUT2D eigenvalue weighted by atomic mass is 10.2. The highest BCUT2D eigenvalue weighted by molar-refractivity contribution is 5.90. The maximum absolute atomic E-state index is 11.5. The molecule has 2 N–H and O–H groups in total. The van der Waals surface area contributed by atoms with Gasteiger partial charge in [0.15, 0.2) is 0 Å². The van der Waals surface area contributed by atoms with E-state index in [0.29, 0.717) is 6.42 Å². The van der Waals surface area contributed by atoms with Gasteiger partial charge in [0.2, 0.25) is 5.91 Å². The van der Waals surface area contributed by atoms with Crippen LogP contribution in [-0.2, 0) is 4.79 Å². The highest BCUT2D eigenvalue weighted by Crippen LogP contribution is 2.21. The summed E-state index contributed by atoms with van der Waals surface area (Å²) >= 11 is 0. The Balaban J connectivity index is 1.96. The summed E-state index contributed by atoms with van der Waals surface area (Å²) in [5.41, 5.74) is 2.76. The van der Waals surface area contributed by atoms with Crippen molar-refractivity contribution in [3.63, 3.8) is 0 Å². The largest absolute Gasteiger partial charge is 0.497 e. The molecule has 21 heavy (non-hydrogen) atoms. The SMILES string of the molecule is CCCC(=O)Nc1ccc(Nc2ccc(OC)cc2)cc1. The van der Waals surface area contributed by atoms with E-state index in [4.69, 9.17) is 4.74 Å². The summed E-state index contributed by atoms with van der Waals surface area (Å²) in [6, 6.07) is 15.4. The van der Waals surface area contributed by atoms with Crippen LogP contribution in [0, 0.1) is 0 Å². The molecule has 110 valence electrons. The van der Waals surface area contributed by atoms with E-state index in [1.165, 1.54) is 0 Å². The molecule has 2 aromatic carbocycles. The van der Waals surface area contributed by atoms with Crippen molar-refractivity contribution in [1.82, 2.24) is 0 Å². The summed E-state index contributed by atoms with van der Waals surface area (Å²) < 4.78 is 5.12. The van der Waals surface area contributed by atoms with E-state index in [9.17, 15) is 4.79 Å². The van der Waals surface area contributed by atoms with Crippen LogP contribution in [0.5, 0.6) is 5.75 Å². The third kappa shape index (κ3) is 4.53. The zero-order valence-corrected chi connectivity index (χ0v) is 12.3. The van der Waals surface area contributed by atoms with Crippen molar-refractivity contribution in [3.05, 3.63) is 48.5 Å². The third-order valence-corrected chi connectivity index (χ3v) is 3.02. The van der Waals surface area contributed by atoms with Crippen LogP contribution < -0.4 is 15.4 Å². The summed E-state index contributed by atoms with van der Waals surface area (Å²) in [5.74, 6) is 0.878. The molecular weight excluding hydrogens is 264 g/mol. The van der Waals surface area contributed by atoms with Crippen LogP contribution in [0.15, 0.2) is 48.5 Å². The zero-order valence-electron chi connectivity index (χ0n) is 12.3. The van der Waals surface area contributed by atoms with Crippen LogP contribution in [0.1, 0.15) is 19.8 Å². The fourth-order valence-electron chi connectivity index (χ4n) is 1.93. The summed E-state index contributed by atoms with van der Waals surface area (Å²) in [5, 5.41) is 6.16. The van der Waals surface area contributed by atoms with E-state index < -0.39 is 0 Å². The van der Waals surface area contributed by atoms with E-state index in [2.05, 4.69) is 10.6 Å². The summed E-state index contributed by atoms with van der Waals surface area (Å²) in [6.07, 6.45) is 1.40. The number of anilines is 3. The second-order valence-corrected chi connectivity index (χ2v) is 4.73. The molecule has 0 bridgehead atoms. The summed E-state index contributed by atoms with van der Waals surface area (Å²) in [4.78, 5) is 11.5. The second-order valence-electron chi connectivity index (χ2n) is 4.73. The summed E-state index contributed by atoms with van der Waals surface area (Å²) in [6.45, 7) is 1.99. The fraction of sp³-hybridized carbons (Fsp3) is 0.235. The van der Waals surface area contributed by atoms with Gasteiger partial charge in [-0.2, -0.15) is 0 Å². The lowest BCUT2D eigenvalue weighted by Crippen LogP contribution is -2.10. The average Bonchev–Trinajstić information content (AvgIpc) is 2.50. The van der Waals surface area contributed by atoms with Gasteiger partial charge >= 0.3 is 0 Å². The van der Waals surface area contributed by atoms with E-state index >= 15 is 0 Å². The Labute approximate surface area is 125 Å². The molecule has 2 aromatic rings. The lowest BCUT2D eigenvalue weighted by Gasteiger charge is -2.09. The molecule has 0 spiro atoms. The van der Waals surface area contributed by atoms with Gasteiger partial charge in [-0.15, -0.1) is 0 Å². The number of carbonyl (C=O) groups is 1. The summed E-state index contributed by atoms with van der Waals surface area (Å²) in [7, 11) is 1.65. The van der Waals surface area contributed by atoms with Gasteiger partial charge in [-0.25, -0.2) is 0 Å². The predicted molar refractivity (Wildman–Crippen MR) is 86.3 cm³/mol. The number of benzene rings is 2. The molecule has 0 heterocycles. The lowest BCUT2D eigenvalue weighted by molar-refractivity contribution is -0.116. The van der Waals surface area contributed by atoms with Gasteiger partial charge in [0.25, 0.3) is 0 Å². The van der Waals surface area contributed by atoms with Crippen molar-refractivity contribution in [2.24, 2.45) is 0 Å². The Morgan fingerprint density at radius 2 is 1.48 bits per heavy atom. The smallest absolute Gasteiger partial charge is 0.224 e. The Morgan fingerprint density at radius 1 is 0.952 bits per heavy atom. The molecule has 0 fully saturated rings. The maximum atomic E-state index is 11.5. The number of hydrogen-bond donors (Lipinski definition) is 2. The monoisotopic (exact) mass is 284 g/mol. The predicted octanol–water partition coefficient (Wildman–Crippen LogP) is 4.18. The normalized spacial score (nSPS) is 10.0. The Kier molecular flexibility index (Phi) is 5.21. The number of ether oxygens (including phenoxy) is 1. The van der Waals surface area contributed by atoms with E-state index in [-0.39, 0.29) is 5.91 Å². The zero-order chi connectivity index (χ0) is 15.1. The van der Waals surface area contributed by atoms with Crippen LogP contribution in [0.25, 0.3) is 0 Å². The van der Waals surface area contributed by atoms with Gasteiger partial charge in [0.1, 0.15) is 5.75 Å². The molecule has 0 radical (unpaired) electrons. The molecule has 0 aliphatic heterocycles. The molecule has 0 unspecified atom stereocenters. The van der Waals surface area contributed by atoms with Gasteiger partial charge in [-0.05, 0) is 55.0 Å². The molecule has 0 saturated heterocycles. The first-order chi connectivity index (χ1) is 10.2. The topological polar surface area (TPSA) is 50.4 Å². The standard InChI is InChI=1S/C17H20N2O2/c1-3-4-17(20)19-15-7-5-13(6-8-15)18-14-9-11-16(21-2)12-10-14/h5-12,18H,3-4H2,1-2H3,(H,19,20). The number of methoxy groups -OCH3 is 1. The highest BCUT2D eigenvalue weighted by Gasteiger charge is 2.01. The molecule has 0 aliphatic carbocycles. The van der Waals surface area contributed by atoms with Crippen LogP contribution in [0.4, 0.5) is 17.1 Å². The van der Waals surface area contributed by atoms with Crippen molar-refractivity contribution in [2.45, 2.75) is 19.8 Å². The first-order valence-electron chi connectivity index (χ1n) is 7.02. The molecule has 0 saturated carbocycles. The first-order valence-corrected chi connectivity index (χ1v) is 7.02. The molecule has 0 aliphatic rings. The number of amides is 1. The molecule has 0 aromatic heterocycles. The fourth-order valence-corrected chi connectivity index (χ4v) is 1.93. The molecule has 0 atom stereocenters. The molecule has 4 nitrogen and oxygen atoms in total. The van der Waals surface area contributed by atoms with Crippen LogP contribution in [0.3, 0.4) is 0 Å². The molecular formula is C17H20N2O2. The maximum Gasteiger partial charge on any atom is 0.224 e. The van der Waals surface area contributed by atoms with E-state index in [1.54, 1.807) is 7.11 Å². The number of rotatable bonds is 6. The van der Waals surface area contributed by atoms with Crippen molar-refractivity contribution in [1.29, 1.82) is 0 Å². The molecule has 2 rings (SSSR count). The number of nitrogens with one attached hydrogen (secondary N) is 2. The Hall–Kier alpha value is -2.49. The van der Waals surface area contributed by atoms with Gasteiger partial charge in [0.05, 0.1) is 7.11 Å². The van der Waals surface area contributed by atoms with Crippen LogP contribution in [0.2, 0.25) is 0 Å². The van der Waals surface area contributed by atoms with E-state index in [0.717, 1.165) is 29.2 Å². The van der Waals surface area contributed by atoms with Gasteiger partial charge in [0, 0.05) is 23.5 Å². The average molecular weight is 284 g/mol. The number of carbonyl (C=O) groups excluding carboxylic acids is 1. The Morgan fingerprint density at radius 3 is 2.00 bits per heavy atom. The first kappa shape index (κ1) is 14.9. The van der Waals surface area contributed by atoms with Gasteiger partial charge < -0.3 is 15.4 Å². The van der Waals surface area contributed by atoms with Crippen molar-refractivity contribution >= 4 is 23.0 Å². The minimum absolute atomic E-state index is 0.0494. The number of hydrogen-bond acceptors (Lipinski definition) is 3. The minimum atomic E-state index is 0.0494.